The molecule has 1 heterocycles. The first-order valence-electron chi connectivity index (χ1n) is 19.1. The van der Waals surface area contributed by atoms with E-state index >= 15 is 0 Å². The molecule has 0 N–H and O–H groups in total. The van der Waals surface area contributed by atoms with Crippen LogP contribution in [0.2, 0.25) is 0 Å². The zero-order valence-electron chi connectivity index (χ0n) is 30.2. The Kier molecular flexibility index (Phi) is 7.06. The quantitative estimate of drug-likeness (QED) is 0.174. The molecule has 55 heavy (non-hydrogen) atoms. The molecule has 0 radical (unpaired) electrons. The molecule has 2 aliphatic rings. The molecule has 0 amide bonds. The molecule has 0 unspecified atom stereocenters. The van der Waals surface area contributed by atoms with Crippen LogP contribution in [0.25, 0.3) is 33.0 Å². The topological polar surface area (TPSA) is 9.23 Å². The highest BCUT2D eigenvalue weighted by atomic mass is 16.5. The van der Waals surface area contributed by atoms with Crippen molar-refractivity contribution in [2.75, 3.05) is 0 Å². The first kappa shape index (κ1) is 31.6. The van der Waals surface area contributed by atoms with Crippen molar-refractivity contribution in [2.24, 2.45) is 0 Å². The van der Waals surface area contributed by atoms with Gasteiger partial charge in [0.25, 0.3) is 0 Å². The molecule has 0 saturated heterocycles. The van der Waals surface area contributed by atoms with Crippen molar-refractivity contribution in [3.63, 3.8) is 0 Å². The van der Waals surface area contributed by atoms with Gasteiger partial charge in [-0.25, -0.2) is 0 Å². The van der Waals surface area contributed by atoms with E-state index in [0.717, 1.165) is 33.8 Å². The zero-order chi connectivity index (χ0) is 36.4. The summed E-state index contributed by atoms with van der Waals surface area (Å²) in [4.78, 5) is 0. The second-order valence-corrected chi connectivity index (χ2v) is 14.7. The van der Waals surface area contributed by atoms with Gasteiger partial charge in [-0.1, -0.05) is 188 Å². The van der Waals surface area contributed by atoms with E-state index in [1.807, 2.05) is 0 Å². The molecule has 0 aromatic heterocycles. The van der Waals surface area contributed by atoms with Crippen molar-refractivity contribution >= 4 is 10.8 Å². The van der Waals surface area contributed by atoms with Crippen molar-refractivity contribution in [2.45, 2.75) is 10.8 Å². The maximum absolute atomic E-state index is 6.90. The number of fused-ring (bicyclic) bond motifs is 6. The monoisotopic (exact) mass is 700 g/mol. The SMILES string of the molecule is c1ccc(C2(c3ccccc3)c3cc(-c4cccc5c4C(c4ccccc4)(c4ccccc4)c4ccccc4O5)ccc3-c3cc4ccccc4cc32)cc1. The average Bonchev–Trinajstić information content (AvgIpc) is 3.55. The Morgan fingerprint density at radius 2 is 0.782 bits per heavy atom. The van der Waals surface area contributed by atoms with Crippen molar-refractivity contribution < 1.29 is 4.74 Å². The predicted molar refractivity (Wildman–Crippen MR) is 225 cm³/mol. The maximum atomic E-state index is 6.90. The van der Waals surface area contributed by atoms with Crippen molar-refractivity contribution in [3.05, 3.63) is 263 Å². The van der Waals surface area contributed by atoms with Crippen molar-refractivity contribution in [1.29, 1.82) is 0 Å². The summed E-state index contributed by atoms with van der Waals surface area (Å²) in [5, 5.41) is 2.49. The van der Waals surface area contributed by atoms with E-state index < -0.39 is 10.8 Å². The number of hydrogen-bond acceptors (Lipinski definition) is 1. The Labute approximate surface area is 321 Å². The van der Waals surface area contributed by atoms with E-state index in [0.29, 0.717) is 0 Å². The van der Waals surface area contributed by atoms with Gasteiger partial charge in [-0.3, -0.25) is 0 Å². The summed E-state index contributed by atoms with van der Waals surface area (Å²) < 4.78 is 6.90. The van der Waals surface area contributed by atoms with E-state index in [9.17, 15) is 0 Å². The minimum atomic E-state index is -0.640. The summed E-state index contributed by atoms with van der Waals surface area (Å²) >= 11 is 0. The fraction of sp³-hybridized carbons (Fsp3) is 0.0370. The van der Waals surface area contributed by atoms with Crippen LogP contribution in [0, 0.1) is 0 Å². The summed E-state index contributed by atoms with van der Waals surface area (Å²) in [5.74, 6) is 1.75. The minimum Gasteiger partial charge on any atom is -0.457 e. The Balaban J connectivity index is 1.25. The molecule has 0 saturated carbocycles. The molecular weight excluding hydrogens is 665 g/mol. The molecule has 1 aliphatic carbocycles. The summed E-state index contributed by atoms with van der Waals surface area (Å²) in [7, 11) is 0. The van der Waals surface area contributed by atoms with Crippen LogP contribution in [0.1, 0.15) is 44.5 Å². The summed E-state index contributed by atoms with van der Waals surface area (Å²) in [6.07, 6.45) is 0. The minimum absolute atomic E-state index is 0.541. The van der Waals surface area contributed by atoms with Crippen LogP contribution in [-0.2, 0) is 10.8 Å². The molecular formula is C54H36O. The molecule has 0 spiro atoms. The van der Waals surface area contributed by atoms with Crippen molar-refractivity contribution in [1.82, 2.24) is 0 Å². The fourth-order valence-corrected chi connectivity index (χ4v) is 9.85. The Morgan fingerprint density at radius 1 is 0.291 bits per heavy atom. The number of para-hydroxylation sites is 1. The standard InChI is InChI=1S/C54H36O/c1-5-20-40(21-6-1)53(41-22-7-2-8-23-41)48-36-39(32-33-45(48)46-34-37-18-13-14-19-38(37)35-49(46)53)44-28-17-31-51-52(44)54(42-24-9-3-10-25-42,43-26-11-4-12-27-43)47-29-15-16-30-50(47)55-51/h1-36H. The maximum Gasteiger partial charge on any atom is 0.132 e. The smallest absolute Gasteiger partial charge is 0.132 e. The van der Waals surface area contributed by atoms with Crippen LogP contribution in [0.4, 0.5) is 0 Å². The molecule has 0 bridgehead atoms. The van der Waals surface area contributed by atoms with Crippen LogP contribution in [-0.4, -0.2) is 0 Å². The van der Waals surface area contributed by atoms with Gasteiger partial charge < -0.3 is 4.74 Å². The second kappa shape index (κ2) is 12.3. The molecule has 0 atom stereocenters. The first-order chi connectivity index (χ1) is 27.3. The molecule has 9 aromatic rings. The van der Waals surface area contributed by atoms with E-state index in [2.05, 4.69) is 218 Å². The Bertz CT molecular complexity index is 2800. The van der Waals surface area contributed by atoms with Crippen LogP contribution in [0.3, 0.4) is 0 Å². The lowest BCUT2D eigenvalue weighted by Gasteiger charge is -2.42. The number of rotatable bonds is 5. The number of hydrogen-bond donors (Lipinski definition) is 0. The summed E-state index contributed by atoms with van der Waals surface area (Å²) in [6, 6.07) is 80.1. The number of benzene rings is 9. The van der Waals surface area contributed by atoms with Gasteiger partial charge in [0, 0.05) is 11.1 Å². The molecule has 11 rings (SSSR count). The van der Waals surface area contributed by atoms with Gasteiger partial charge in [-0.15, -0.1) is 0 Å². The second-order valence-electron chi connectivity index (χ2n) is 14.7. The lowest BCUT2D eigenvalue weighted by atomic mass is 9.62. The highest BCUT2D eigenvalue weighted by Gasteiger charge is 2.49. The lowest BCUT2D eigenvalue weighted by molar-refractivity contribution is 0.435. The van der Waals surface area contributed by atoms with Gasteiger partial charge in [0.05, 0.1) is 10.8 Å². The first-order valence-corrected chi connectivity index (χ1v) is 19.1. The van der Waals surface area contributed by atoms with Gasteiger partial charge in [0.1, 0.15) is 11.5 Å². The van der Waals surface area contributed by atoms with Gasteiger partial charge in [0.15, 0.2) is 0 Å². The third-order valence-electron chi connectivity index (χ3n) is 12.1. The molecule has 1 aliphatic heterocycles. The Hall–Kier alpha value is -6.96. The lowest BCUT2D eigenvalue weighted by Crippen LogP contribution is -2.34. The van der Waals surface area contributed by atoms with Gasteiger partial charge in [0.2, 0.25) is 0 Å². The van der Waals surface area contributed by atoms with E-state index in [1.165, 1.54) is 55.3 Å². The van der Waals surface area contributed by atoms with Gasteiger partial charge in [-0.2, -0.15) is 0 Å². The molecule has 9 aromatic carbocycles. The van der Waals surface area contributed by atoms with Crippen LogP contribution >= 0.6 is 0 Å². The summed E-state index contributed by atoms with van der Waals surface area (Å²) in [6.45, 7) is 0. The van der Waals surface area contributed by atoms with Crippen molar-refractivity contribution in [3.8, 4) is 33.8 Å². The molecule has 1 heteroatoms. The normalized spacial score (nSPS) is 14.3. The largest absolute Gasteiger partial charge is 0.457 e. The summed E-state index contributed by atoms with van der Waals surface area (Å²) in [5.41, 5.74) is 13.5. The molecule has 258 valence electrons. The van der Waals surface area contributed by atoms with Gasteiger partial charge in [-0.05, 0) is 96.7 Å². The zero-order valence-corrected chi connectivity index (χ0v) is 30.2. The average molecular weight is 701 g/mol. The van der Waals surface area contributed by atoms with Crippen LogP contribution in [0.15, 0.2) is 218 Å². The fourth-order valence-electron chi connectivity index (χ4n) is 9.85. The third-order valence-corrected chi connectivity index (χ3v) is 12.1. The van der Waals surface area contributed by atoms with E-state index in [-0.39, 0.29) is 0 Å². The highest BCUT2D eigenvalue weighted by molar-refractivity contribution is 5.97. The number of ether oxygens (including phenoxy) is 1. The highest BCUT2D eigenvalue weighted by Crippen LogP contribution is 2.60. The molecule has 1 nitrogen and oxygen atoms in total. The van der Waals surface area contributed by atoms with E-state index in [4.69, 9.17) is 4.74 Å². The third kappa shape index (κ3) is 4.47. The predicted octanol–water partition coefficient (Wildman–Crippen LogP) is 13.4. The van der Waals surface area contributed by atoms with Crippen LogP contribution < -0.4 is 4.74 Å². The van der Waals surface area contributed by atoms with E-state index in [1.54, 1.807) is 0 Å². The molecule has 0 fully saturated rings. The Morgan fingerprint density at radius 3 is 1.40 bits per heavy atom. The van der Waals surface area contributed by atoms with Crippen LogP contribution in [0.5, 0.6) is 11.5 Å². The van der Waals surface area contributed by atoms with Gasteiger partial charge >= 0.3 is 0 Å².